The lowest BCUT2D eigenvalue weighted by atomic mass is 10.2. The number of carbonyl (C=O) groups is 1. The third-order valence-electron chi connectivity index (χ3n) is 3.98. The van der Waals surface area contributed by atoms with E-state index in [0.717, 1.165) is 15.8 Å². The van der Waals surface area contributed by atoms with Gasteiger partial charge >= 0.3 is 0 Å². The summed E-state index contributed by atoms with van der Waals surface area (Å²) in [5.41, 5.74) is 2.99. The van der Waals surface area contributed by atoms with Gasteiger partial charge in [-0.25, -0.2) is 13.5 Å². The van der Waals surface area contributed by atoms with Crippen LogP contribution in [0, 0.1) is 6.92 Å². The molecule has 2 aromatic rings. The number of hydrogen-bond acceptors (Lipinski definition) is 3. The molecular weight excluding hydrogens is 326 g/mol. The van der Waals surface area contributed by atoms with Crippen LogP contribution in [0.4, 0.5) is 20.3 Å². The molecule has 25 heavy (non-hydrogen) atoms. The van der Waals surface area contributed by atoms with Crippen LogP contribution in [0.15, 0.2) is 60.0 Å². The fraction of sp³-hybridized carbons (Fsp3) is 0.111. The lowest BCUT2D eigenvalue weighted by Gasteiger charge is -2.20. The average molecular weight is 340 g/mol. The van der Waals surface area contributed by atoms with Crippen LogP contribution >= 0.6 is 0 Å². The molecule has 126 valence electrons. The van der Waals surface area contributed by atoms with Gasteiger partial charge in [-0.2, -0.15) is 5.10 Å². The number of aromatic nitrogens is 2. The summed E-state index contributed by atoms with van der Waals surface area (Å²) in [6.45, 7) is 1.95. The van der Waals surface area contributed by atoms with Crippen LogP contribution in [0.2, 0.25) is 0 Å². The number of allylic oxidation sites excluding steroid dienone is 5. The summed E-state index contributed by atoms with van der Waals surface area (Å²) in [6, 6.07) is 7.31. The second-order valence-electron chi connectivity index (χ2n) is 5.84. The molecule has 0 unspecified atom stereocenters. The van der Waals surface area contributed by atoms with Crippen molar-refractivity contribution < 1.29 is 13.6 Å². The van der Waals surface area contributed by atoms with E-state index in [-0.39, 0.29) is 17.1 Å². The molecule has 1 aromatic carbocycles. The first kappa shape index (κ1) is 15.3. The van der Waals surface area contributed by atoms with E-state index >= 15 is 0 Å². The Morgan fingerprint density at radius 3 is 2.60 bits per heavy atom. The largest absolute Gasteiger partial charge is 0.339 e. The number of nitrogens with zero attached hydrogens (tertiary/aromatic N) is 2. The van der Waals surface area contributed by atoms with Gasteiger partial charge in [0.05, 0.1) is 6.20 Å². The number of halogens is 2. The van der Waals surface area contributed by atoms with E-state index in [1.54, 1.807) is 24.3 Å². The van der Waals surface area contributed by atoms with E-state index in [0.29, 0.717) is 11.4 Å². The summed E-state index contributed by atoms with van der Waals surface area (Å²) < 4.78 is 27.8. The molecule has 2 aliphatic rings. The Labute approximate surface area is 142 Å². The average Bonchev–Trinajstić information content (AvgIpc) is 3.35. The number of carbonyl (C=O) groups excluding carboxylic acids is 1. The summed E-state index contributed by atoms with van der Waals surface area (Å²) >= 11 is 0. The van der Waals surface area contributed by atoms with Gasteiger partial charge in [0.25, 0.3) is 12.3 Å². The first-order valence-electron chi connectivity index (χ1n) is 7.68. The van der Waals surface area contributed by atoms with E-state index in [9.17, 15) is 13.6 Å². The quantitative estimate of drug-likeness (QED) is 0.893. The molecule has 0 atom stereocenters. The maximum Gasteiger partial charge on any atom is 0.280 e. The molecule has 2 heterocycles. The van der Waals surface area contributed by atoms with Crippen molar-refractivity contribution in [2.45, 2.75) is 13.3 Å². The third-order valence-corrected chi connectivity index (χ3v) is 3.98. The SMILES string of the molecule is Cc1ccc(NC(=O)c2cnn3c2NC(=C2C=C2)C=C3C(F)F)cc1. The van der Waals surface area contributed by atoms with E-state index in [2.05, 4.69) is 15.7 Å². The highest BCUT2D eigenvalue weighted by Crippen LogP contribution is 2.34. The van der Waals surface area contributed by atoms with Crippen molar-refractivity contribution in [1.29, 1.82) is 0 Å². The molecule has 7 heteroatoms. The second-order valence-corrected chi connectivity index (χ2v) is 5.84. The molecule has 2 N–H and O–H groups in total. The lowest BCUT2D eigenvalue weighted by molar-refractivity contribution is 0.102. The molecule has 0 radical (unpaired) electrons. The highest BCUT2D eigenvalue weighted by atomic mass is 19.3. The van der Waals surface area contributed by atoms with Crippen LogP contribution < -0.4 is 10.6 Å². The molecule has 5 nitrogen and oxygen atoms in total. The zero-order valence-corrected chi connectivity index (χ0v) is 13.3. The van der Waals surface area contributed by atoms with Crippen molar-refractivity contribution in [3.8, 4) is 0 Å². The third kappa shape index (κ3) is 2.84. The van der Waals surface area contributed by atoms with E-state index < -0.39 is 12.3 Å². The van der Waals surface area contributed by atoms with Crippen molar-refractivity contribution in [3.05, 3.63) is 71.1 Å². The van der Waals surface area contributed by atoms with Crippen molar-refractivity contribution in [3.63, 3.8) is 0 Å². The van der Waals surface area contributed by atoms with Gasteiger partial charge in [0.15, 0.2) is 0 Å². The number of anilines is 2. The lowest BCUT2D eigenvalue weighted by Crippen LogP contribution is -2.20. The maximum atomic E-state index is 13.4. The number of nitrogens with one attached hydrogen (secondary N) is 2. The van der Waals surface area contributed by atoms with Gasteiger partial charge < -0.3 is 10.6 Å². The van der Waals surface area contributed by atoms with Crippen LogP contribution in [0.5, 0.6) is 0 Å². The first-order chi connectivity index (χ1) is 12.0. The Kier molecular flexibility index (Phi) is 3.49. The van der Waals surface area contributed by atoms with E-state index in [4.69, 9.17) is 0 Å². The molecule has 1 amide bonds. The topological polar surface area (TPSA) is 59.0 Å². The number of aryl methyl sites for hydroxylation is 1. The molecule has 1 aliphatic heterocycles. The summed E-state index contributed by atoms with van der Waals surface area (Å²) in [4.78, 5) is 12.6. The van der Waals surface area contributed by atoms with Crippen LogP contribution in [-0.4, -0.2) is 22.1 Å². The summed E-state index contributed by atoms with van der Waals surface area (Å²) in [5.74, 6) is -0.181. The summed E-state index contributed by atoms with van der Waals surface area (Å²) in [5, 5.41) is 9.72. The van der Waals surface area contributed by atoms with E-state index in [1.165, 1.54) is 12.3 Å². The van der Waals surface area contributed by atoms with Gasteiger partial charge in [-0.05, 0) is 30.7 Å². The molecule has 0 saturated heterocycles. The van der Waals surface area contributed by atoms with Crippen molar-refractivity contribution in [2.24, 2.45) is 0 Å². The molecule has 0 fully saturated rings. The van der Waals surface area contributed by atoms with Gasteiger partial charge in [-0.1, -0.05) is 29.8 Å². The Balaban J connectivity index is 1.67. The predicted molar refractivity (Wildman–Crippen MR) is 91.4 cm³/mol. The molecule has 0 bridgehead atoms. The number of benzene rings is 1. The minimum absolute atomic E-state index is 0.200. The van der Waals surface area contributed by atoms with Gasteiger partial charge in [0.1, 0.15) is 17.1 Å². The number of alkyl halides is 2. The maximum absolute atomic E-state index is 13.4. The first-order valence-corrected chi connectivity index (χ1v) is 7.68. The monoisotopic (exact) mass is 340 g/mol. The molecule has 4 rings (SSSR count). The zero-order valence-electron chi connectivity index (χ0n) is 13.3. The molecule has 1 aliphatic carbocycles. The second kappa shape index (κ2) is 5.70. The fourth-order valence-corrected chi connectivity index (χ4v) is 2.57. The summed E-state index contributed by atoms with van der Waals surface area (Å²) in [6.07, 6.45) is 3.54. The molecule has 0 spiro atoms. The molecule has 0 saturated carbocycles. The van der Waals surface area contributed by atoms with Crippen molar-refractivity contribution in [2.75, 3.05) is 10.6 Å². The Morgan fingerprint density at radius 2 is 1.96 bits per heavy atom. The Morgan fingerprint density at radius 1 is 1.24 bits per heavy atom. The Hall–Kier alpha value is -3.22. The van der Waals surface area contributed by atoms with Gasteiger partial charge in [0, 0.05) is 11.4 Å². The van der Waals surface area contributed by atoms with Gasteiger partial charge in [0.2, 0.25) is 0 Å². The van der Waals surface area contributed by atoms with Crippen LogP contribution in [0.25, 0.3) is 5.70 Å². The van der Waals surface area contributed by atoms with Crippen LogP contribution in [0.3, 0.4) is 0 Å². The van der Waals surface area contributed by atoms with E-state index in [1.807, 2.05) is 19.1 Å². The van der Waals surface area contributed by atoms with Gasteiger partial charge in [-0.15, -0.1) is 0 Å². The number of fused-ring (bicyclic) bond motifs is 1. The highest BCUT2D eigenvalue weighted by molar-refractivity contribution is 6.08. The van der Waals surface area contributed by atoms with Gasteiger partial charge in [-0.3, -0.25) is 4.79 Å². The normalized spacial score (nSPS) is 15.0. The number of amides is 1. The number of rotatable bonds is 3. The summed E-state index contributed by atoms with van der Waals surface area (Å²) in [7, 11) is 0. The number of hydrogen-bond donors (Lipinski definition) is 2. The smallest absolute Gasteiger partial charge is 0.280 e. The molecular formula is C18H14F2N4O. The predicted octanol–water partition coefficient (Wildman–Crippen LogP) is 3.80. The minimum atomic E-state index is -2.71. The zero-order chi connectivity index (χ0) is 17.6. The van der Waals surface area contributed by atoms with Crippen molar-refractivity contribution >= 4 is 23.1 Å². The Bertz CT molecular complexity index is 944. The standard InChI is InChI=1S/C18H14F2N4O/c1-10-2-6-12(7-3-10)22-18(25)13-9-21-24-15(16(19)20)8-14(11-4-5-11)23-17(13)24/h2-9,16,23H,1H3,(H,22,25). The highest BCUT2D eigenvalue weighted by Gasteiger charge is 2.28. The van der Waals surface area contributed by atoms with Crippen LogP contribution in [-0.2, 0) is 0 Å². The fourth-order valence-electron chi connectivity index (χ4n) is 2.57. The van der Waals surface area contributed by atoms with Crippen LogP contribution in [0.1, 0.15) is 15.9 Å². The molecule has 1 aromatic heterocycles. The van der Waals surface area contributed by atoms with Crippen molar-refractivity contribution in [1.82, 2.24) is 9.78 Å². The minimum Gasteiger partial charge on any atom is -0.339 e.